The van der Waals surface area contributed by atoms with E-state index in [1.807, 2.05) is 54.1 Å². The Morgan fingerprint density at radius 1 is 1.00 bits per heavy atom. The summed E-state index contributed by atoms with van der Waals surface area (Å²) in [5, 5.41) is 1.16. The Morgan fingerprint density at radius 3 is 2.66 bits per heavy atom. The molecule has 2 aromatic carbocycles. The van der Waals surface area contributed by atoms with Crippen LogP contribution in [0.15, 0.2) is 54.6 Å². The van der Waals surface area contributed by atoms with E-state index in [9.17, 15) is 9.59 Å². The fourth-order valence-corrected chi connectivity index (χ4v) is 5.76. The zero-order valence-electron chi connectivity index (χ0n) is 15.4. The fourth-order valence-electron chi connectivity index (χ4n) is 3.34. The van der Waals surface area contributed by atoms with Gasteiger partial charge in [-0.1, -0.05) is 30.3 Å². The van der Waals surface area contributed by atoms with Crippen LogP contribution in [0.25, 0.3) is 30.5 Å². The van der Waals surface area contributed by atoms with Crippen LogP contribution in [0.5, 0.6) is 0 Å². The fraction of sp³-hybridized carbons (Fsp3) is 0.0952. The molecule has 0 aliphatic rings. The van der Waals surface area contributed by atoms with Crippen molar-refractivity contribution in [1.29, 1.82) is 0 Å². The molecule has 5 rings (SSSR count). The molecule has 8 heteroatoms. The average molecular weight is 421 g/mol. The number of amides is 2. The predicted molar refractivity (Wildman–Crippen MR) is 117 cm³/mol. The summed E-state index contributed by atoms with van der Waals surface area (Å²) in [6.45, 7) is 0. The van der Waals surface area contributed by atoms with E-state index in [0.29, 0.717) is 10.7 Å². The molecule has 3 aromatic heterocycles. The van der Waals surface area contributed by atoms with Crippen LogP contribution < -0.4 is 10.9 Å². The van der Waals surface area contributed by atoms with Gasteiger partial charge in [0.1, 0.15) is 5.82 Å². The number of aryl methyl sites for hydroxylation is 1. The molecule has 0 aliphatic heterocycles. The maximum absolute atomic E-state index is 12.5. The summed E-state index contributed by atoms with van der Waals surface area (Å²) in [4.78, 5) is 29.8. The van der Waals surface area contributed by atoms with E-state index in [1.54, 1.807) is 11.3 Å². The molecule has 3 heterocycles. The first kappa shape index (κ1) is 17.8. The molecule has 5 aromatic rings. The summed E-state index contributed by atoms with van der Waals surface area (Å²) in [5.74, 6) is 0.00228. The van der Waals surface area contributed by atoms with Crippen molar-refractivity contribution in [3.63, 3.8) is 0 Å². The molecule has 6 nitrogen and oxygen atoms in total. The maximum Gasteiger partial charge on any atom is 0.279 e. The van der Waals surface area contributed by atoms with E-state index < -0.39 is 0 Å². The number of hydrogen-bond acceptors (Lipinski definition) is 5. The molecule has 2 amide bonds. The van der Waals surface area contributed by atoms with E-state index in [4.69, 9.17) is 0 Å². The normalized spacial score (nSPS) is 11.3. The molecule has 0 aliphatic carbocycles. The number of benzene rings is 2. The molecule has 2 N–H and O–H groups in total. The van der Waals surface area contributed by atoms with Crippen LogP contribution in [0.3, 0.4) is 0 Å². The van der Waals surface area contributed by atoms with Crippen LogP contribution in [0.1, 0.15) is 15.5 Å². The lowest BCUT2D eigenvalue weighted by molar-refractivity contribution is -0.121. The Kier molecular flexibility index (Phi) is 4.30. The number of hydrazine groups is 1. The molecular formula is C21H16N4O2S2. The number of aromatic nitrogens is 2. The number of thiophene rings is 2. The summed E-state index contributed by atoms with van der Waals surface area (Å²) in [6, 6.07) is 17.7. The van der Waals surface area contributed by atoms with Crippen molar-refractivity contribution >= 4 is 65.0 Å². The minimum absolute atomic E-state index is 0.0790. The molecule has 144 valence electrons. The third-order valence-electron chi connectivity index (χ3n) is 4.79. The molecule has 0 unspecified atom stereocenters. The Labute approximate surface area is 173 Å². The van der Waals surface area contributed by atoms with E-state index in [1.165, 1.54) is 16.0 Å². The zero-order valence-corrected chi connectivity index (χ0v) is 17.1. The van der Waals surface area contributed by atoms with Gasteiger partial charge in [0.05, 0.1) is 27.0 Å². The molecule has 0 saturated carbocycles. The highest BCUT2D eigenvalue weighted by molar-refractivity contribution is 7.33. The van der Waals surface area contributed by atoms with E-state index in [0.717, 1.165) is 25.8 Å². The van der Waals surface area contributed by atoms with Crippen LogP contribution in [0.2, 0.25) is 0 Å². The smallest absolute Gasteiger partial charge is 0.279 e. The molecule has 29 heavy (non-hydrogen) atoms. The van der Waals surface area contributed by atoms with Crippen molar-refractivity contribution in [3.8, 4) is 0 Å². The van der Waals surface area contributed by atoms with Gasteiger partial charge in [-0.25, -0.2) is 4.98 Å². The molecule has 0 fully saturated rings. The second-order valence-corrected chi connectivity index (χ2v) is 8.79. The number of nitrogens with one attached hydrogen (secondary N) is 2. The van der Waals surface area contributed by atoms with Crippen LogP contribution in [0.4, 0.5) is 0 Å². The number of carbonyl (C=O) groups excluding carboxylic acids is 2. The molecule has 0 spiro atoms. The van der Waals surface area contributed by atoms with Gasteiger partial charge in [0.15, 0.2) is 0 Å². The van der Waals surface area contributed by atoms with E-state index in [-0.39, 0.29) is 18.2 Å². The number of para-hydroxylation sites is 2. The minimum Gasteiger partial charge on any atom is -0.331 e. The SMILES string of the molecule is Cn1c(CC(=O)NNC(=O)c2cc3sc4ccccc4c3s2)nc2ccccc21. The summed E-state index contributed by atoms with van der Waals surface area (Å²) >= 11 is 3.09. The standard InChI is InChI=1S/C21H16N4O2S2/c1-25-14-8-4-3-7-13(14)22-18(25)11-19(26)23-24-21(27)17-10-16-20(29-17)12-6-2-5-9-15(12)28-16/h2-10H,11H2,1H3,(H,23,26)(H,24,27). The minimum atomic E-state index is -0.319. The van der Waals surface area contributed by atoms with Crippen molar-refractivity contribution in [1.82, 2.24) is 20.4 Å². The molecule has 0 atom stereocenters. The maximum atomic E-state index is 12.5. The van der Waals surface area contributed by atoms with Gasteiger partial charge in [0.25, 0.3) is 5.91 Å². The Balaban J connectivity index is 1.28. The lowest BCUT2D eigenvalue weighted by Crippen LogP contribution is -2.42. The van der Waals surface area contributed by atoms with Crippen molar-refractivity contribution in [2.45, 2.75) is 6.42 Å². The highest BCUT2D eigenvalue weighted by atomic mass is 32.1. The van der Waals surface area contributed by atoms with Gasteiger partial charge in [-0.15, -0.1) is 22.7 Å². The number of nitrogens with zero attached hydrogens (tertiary/aromatic N) is 2. The number of fused-ring (bicyclic) bond motifs is 4. The molecular weight excluding hydrogens is 404 g/mol. The molecule has 0 bridgehead atoms. The van der Waals surface area contributed by atoms with Crippen LogP contribution in [0, 0.1) is 0 Å². The first-order chi connectivity index (χ1) is 14.1. The largest absolute Gasteiger partial charge is 0.331 e. The van der Waals surface area contributed by atoms with Crippen LogP contribution in [-0.4, -0.2) is 21.4 Å². The van der Waals surface area contributed by atoms with Crippen LogP contribution >= 0.6 is 22.7 Å². The lowest BCUT2D eigenvalue weighted by atomic mass is 10.2. The van der Waals surface area contributed by atoms with Gasteiger partial charge in [-0.05, 0) is 24.3 Å². The Morgan fingerprint density at radius 2 is 1.79 bits per heavy atom. The second-order valence-electron chi connectivity index (χ2n) is 6.66. The van der Waals surface area contributed by atoms with Gasteiger partial charge in [0.2, 0.25) is 5.91 Å². The van der Waals surface area contributed by atoms with Crippen molar-refractivity contribution in [2.75, 3.05) is 0 Å². The third kappa shape index (κ3) is 3.16. The number of imidazole rings is 1. The van der Waals surface area contributed by atoms with Crippen molar-refractivity contribution in [2.24, 2.45) is 7.05 Å². The molecule has 0 saturated heterocycles. The third-order valence-corrected chi connectivity index (χ3v) is 7.20. The Hall–Kier alpha value is -3.23. The highest BCUT2D eigenvalue weighted by Crippen LogP contribution is 2.39. The lowest BCUT2D eigenvalue weighted by Gasteiger charge is -2.06. The predicted octanol–water partition coefficient (Wildman–Crippen LogP) is 4.01. The quantitative estimate of drug-likeness (QED) is 0.433. The number of hydrogen-bond donors (Lipinski definition) is 2. The van der Waals surface area contributed by atoms with E-state index in [2.05, 4.69) is 28.0 Å². The summed E-state index contributed by atoms with van der Waals surface area (Å²) in [5.41, 5.74) is 6.81. The van der Waals surface area contributed by atoms with Gasteiger partial charge in [-0.3, -0.25) is 20.4 Å². The first-order valence-corrected chi connectivity index (χ1v) is 10.6. The van der Waals surface area contributed by atoms with Crippen molar-refractivity contribution < 1.29 is 9.59 Å². The summed E-state index contributed by atoms with van der Waals surface area (Å²) in [7, 11) is 1.87. The summed E-state index contributed by atoms with van der Waals surface area (Å²) < 4.78 is 5.26. The Bertz CT molecular complexity index is 1400. The zero-order chi connectivity index (χ0) is 20.0. The van der Waals surface area contributed by atoms with Gasteiger partial charge in [-0.2, -0.15) is 0 Å². The number of carbonyl (C=O) groups is 2. The summed E-state index contributed by atoms with van der Waals surface area (Å²) in [6.07, 6.45) is 0.0790. The van der Waals surface area contributed by atoms with E-state index >= 15 is 0 Å². The second kappa shape index (κ2) is 6.98. The highest BCUT2D eigenvalue weighted by Gasteiger charge is 2.16. The van der Waals surface area contributed by atoms with Gasteiger partial charge in [0, 0.05) is 21.8 Å². The van der Waals surface area contributed by atoms with Crippen LogP contribution in [-0.2, 0) is 18.3 Å². The molecule has 0 radical (unpaired) electrons. The topological polar surface area (TPSA) is 76.0 Å². The monoisotopic (exact) mass is 420 g/mol. The average Bonchev–Trinajstić information content (AvgIpc) is 3.38. The van der Waals surface area contributed by atoms with Crippen molar-refractivity contribution in [3.05, 3.63) is 65.3 Å². The number of rotatable bonds is 3. The first-order valence-electron chi connectivity index (χ1n) is 9.01. The van der Waals surface area contributed by atoms with Gasteiger partial charge < -0.3 is 4.57 Å². The van der Waals surface area contributed by atoms with Gasteiger partial charge >= 0.3 is 0 Å².